The van der Waals surface area contributed by atoms with Gasteiger partial charge >= 0.3 is 23.1 Å². The van der Waals surface area contributed by atoms with Crippen LogP contribution in [0, 0.1) is 23.7 Å². The maximum atomic E-state index is 13.2. The van der Waals surface area contributed by atoms with Gasteiger partial charge in [-0.05, 0) is 25.2 Å². The molecule has 11 heteroatoms. The number of carbonyl (C=O) groups is 2. The molecule has 1 aliphatic heterocycles. The van der Waals surface area contributed by atoms with E-state index in [0.717, 1.165) is 0 Å². The Kier molecular flexibility index (Phi) is 4.49. The van der Waals surface area contributed by atoms with E-state index in [-0.39, 0.29) is 23.7 Å². The van der Waals surface area contributed by atoms with Crippen LogP contribution in [0.25, 0.3) is 0 Å². The molecule has 0 aromatic heterocycles. The molecule has 25 heavy (non-hydrogen) atoms. The van der Waals surface area contributed by atoms with Gasteiger partial charge in [0.15, 0.2) is 0 Å². The van der Waals surface area contributed by atoms with Gasteiger partial charge in [0.2, 0.25) is 10.7 Å². The predicted octanol–water partition coefficient (Wildman–Crippen LogP) is 1.35. The molecule has 0 N–H and O–H groups in total. The van der Waals surface area contributed by atoms with Crippen molar-refractivity contribution in [2.24, 2.45) is 23.7 Å². The van der Waals surface area contributed by atoms with Crippen molar-refractivity contribution in [1.29, 1.82) is 0 Å². The fourth-order valence-corrected chi connectivity index (χ4v) is 4.51. The first kappa shape index (κ1) is 18.4. The van der Waals surface area contributed by atoms with E-state index in [0.29, 0.717) is 12.8 Å². The summed E-state index contributed by atoms with van der Waals surface area (Å²) in [6.45, 7) is -0.544. The molecule has 3 aliphatic rings. The molecular formula is C14H16F4O6S. The van der Waals surface area contributed by atoms with Crippen molar-refractivity contribution in [3.8, 4) is 0 Å². The molecule has 0 spiro atoms. The molecule has 0 amide bonds. The molecule has 142 valence electrons. The molecule has 2 bridgehead atoms. The van der Waals surface area contributed by atoms with E-state index in [1.54, 1.807) is 0 Å². The Labute approximate surface area is 141 Å². The predicted molar refractivity (Wildman–Crippen MR) is 73.5 cm³/mol. The number of fused-ring (bicyclic) bond motifs is 1. The minimum absolute atomic E-state index is 0.0218. The molecule has 0 radical (unpaired) electrons. The molecule has 0 aromatic carbocycles. The van der Waals surface area contributed by atoms with E-state index in [9.17, 15) is 35.6 Å². The summed E-state index contributed by atoms with van der Waals surface area (Å²) in [6, 6.07) is 0. The summed E-state index contributed by atoms with van der Waals surface area (Å²) in [5.41, 5.74) is 0. The third-order valence-electron chi connectivity index (χ3n) is 5.31. The van der Waals surface area contributed by atoms with Gasteiger partial charge in [0.25, 0.3) is 0 Å². The Balaban J connectivity index is 1.49. The van der Waals surface area contributed by atoms with Crippen molar-refractivity contribution in [2.75, 3.05) is 6.61 Å². The zero-order valence-corrected chi connectivity index (χ0v) is 13.7. The average Bonchev–Trinajstić information content (AvgIpc) is 3.13. The second-order valence-electron chi connectivity index (χ2n) is 6.70. The molecule has 2 saturated carbocycles. The minimum atomic E-state index is -5.15. The number of hydrogen-bond acceptors (Lipinski definition) is 6. The standard InChI is InChI=1S/C14H16F4O6S/c15-13(16,14(17,18)25(21)22)2-1-3-23-12(20)9-6-4-7-8(5-6)11(19)24-10(7)9/h6-10,25H,1-5H2. The van der Waals surface area contributed by atoms with E-state index in [1.165, 1.54) is 0 Å². The van der Waals surface area contributed by atoms with Crippen LogP contribution in [0.15, 0.2) is 0 Å². The van der Waals surface area contributed by atoms with Crippen molar-refractivity contribution < 1.29 is 45.0 Å². The second-order valence-corrected chi connectivity index (χ2v) is 7.78. The second kappa shape index (κ2) is 6.10. The van der Waals surface area contributed by atoms with Crippen molar-refractivity contribution in [3.05, 3.63) is 0 Å². The molecule has 2 aliphatic carbocycles. The first-order valence-corrected chi connectivity index (χ1v) is 9.01. The van der Waals surface area contributed by atoms with Gasteiger partial charge in [-0.2, -0.15) is 17.6 Å². The number of thiol groups is 1. The highest BCUT2D eigenvalue weighted by Crippen LogP contribution is 2.57. The number of alkyl halides is 4. The van der Waals surface area contributed by atoms with Gasteiger partial charge in [0.1, 0.15) is 6.10 Å². The Bertz CT molecular complexity index is 656. The maximum Gasteiger partial charge on any atom is 0.404 e. The summed E-state index contributed by atoms with van der Waals surface area (Å²) in [7, 11) is -4.62. The number of rotatable bonds is 7. The summed E-state index contributed by atoms with van der Waals surface area (Å²) in [5, 5.41) is -5.15. The molecule has 5 unspecified atom stereocenters. The van der Waals surface area contributed by atoms with E-state index in [2.05, 4.69) is 0 Å². The molecular weight excluding hydrogens is 372 g/mol. The summed E-state index contributed by atoms with van der Waals surface area (Å²) in [6.07, 6.45) is -1.42. The number of ether oxygens (including phenoxy) is 2. The highest BCUT2D eigenvalue weighted by molar-refractivity contribution is 7.73. The SMILES string of the molecule is O=C1OC2C3CC(CC13)C2C(=O)OCCCC(F)(F)C(F)(F)[SH](=O)=O. The van der Waals surface area contributed by atoms with Crippen LogP contribution in [0.3, 0.4) is 0 Å². The van der Waals surface area contributed by atoms with Crippen LogP contribution in [-0.4, -0.2) is 44.2 Å². The van der Waals surface area contributed by atoms with Crippen molar-refractivity contribution in [2.45, 2.75) is 43.0 Å². The van der Waals surface area contributed by atoms with Crippen LogP contribution in [0.2, 0.25) is 0 Å². The van der Waals surface area contributed by atoms with Crippen LogP contribution in [-0.2, 0) is 29.8 Å². The van der Waals surface area contributed by atoms with Crippen LogP contribution >= 0.6 is 0 Å². The average molecular weight is 388 g/mol. The topological polar surface area (TPSA) is 86.7 Å². The number of esters is 2. The lowest BCUT2D eigenvalue weighted by molar-refractivity contribution is -0.166. The fourth-order valence-electron chi connectivity index (χ4n) is 4.13. The molecule has 5 atom stereocenters. The van der Waals surface area contributed by atoms with Gasteiger partial charge in [-0.3, -0.25) is 9.59 Å². The van der Waals surface area contributed by atoms with Gasteiger partial charge in [0.05, 0.1) is 18.4 Å². The Morgan fingerprint density at radius 1 is 1.24 bits per heavy atom. The van der Waals surface area contributed by atoms with E-state index >= 15 is 0 Å². The van der Waals surface area contributed by atoms with Crippen molar-refractivity contribution in [1.82, 2.24) is 0 Å². The van der Waals surface area contributed by atoms with Gasteiger partial charge in [-0.1, -0.05) is 0 Å². The van der Waals surface area contributed by atoms with Crippen LogP contribution in [0.5, 0.6) is 0 Å². The van der Waals surface area contributed by atoms with Crippen LogP contribution in [0.4, 0.5) is 17.6 Å². The molecule has 3 fully saturated rings. The largest absolute Gasteiger partial charge is 0.465 e. The third-order valence-corrected chi connectivity index (χ3v) is 6.09. The van der Waals surface area contributed by atoms with E-state index in [4.69, 9.17) is 9.47 Å². The molecule has 1 saturated heterocycles. The third kappa shape index (κ3) is 2.89. The highest BCUT2D eigenvalue weighted by atomic mass is 32.2. The summed E-state index contributed by atoms with van der Waals surface area (Å²) >= 11 is 0. The van der Waals surface area contributed by atoms with Gasteiger partial charge in [-0.15, -0.1) is 0 Å². The summed E-state index contributed by atoms with van der Waals surface area (Å²) < 4.78 is 82.8. The zero-order chi connectivity index (χ0) is 18.6. The quantitative estimate of drug-likeness (QED) is 0.307. The van der Waals surface area contributed by atoms with E-state index < -0.39 is 59.3 Å². The Morgan fingerprint density at radius 3 is 2.56 bits per heavy atom. The van der Waals surface area contributed by atoms with Crippen molar-refractivity contribution in [3.63, 3.8) is 0 Å². The van der Waals surface area contributed by atoms with Crippen molar-refractivity contribution >= 4 is 22.6 Å². The smallest absolute Gasteiger partial charge is 0.404 e. The lowest BCUT2D eigenvalue weighted by Gasteiger charge is -2.24. The molecule has 1 heterocycles. The molecule has 3 rings (SSSR count). The highest BCUT2D eigenvalue weighted by Gasteiger charge is 2.64. The van der Waals surface area contributed by atoms with Gasteiger partial charge in [0, 0.05) is 12.3 Å². The van der Waals surface area contributed by atoms with Gasteiger partial charge in [-0.25, -0.2) is 8.42 Å². The molecule has 6 nitrogen and oxygen atoms in total. The summed E-state index contributed by atoms with van der Waals surface area (Å²) in [5.74, 6) is -6.69. The Hall–Kier alpha value is -1.39. The number of carbonyl (C=O) groups excluding carboxylic acids is 2. The fraction of sp³-hybridized carbons (Fsp3) is 0.857. The number of hydrogen-bond donors (Lipinski definition) is 1. The normalized spacial score (nSPS) is 33.8. The first-order valence-electron chi connectivity index (χ1n) is 7.83. The summed E-state index contributed by atoms with van der Waals surface area (Å²) in [4.78, 5) is 23.7. The zero-order valence-electron chi connectivity index (χ0n) is 12.8. The lowest BCUT2D eigenvalue weighted by atomic mass is 9.82. The monoisotopic (exact) mass is 388 g/mol. The van der Waals surface area contributed by atoms with Crippen LogP contribution < -0.4 is 0 Å². The van der Waals surface area contributed by atoms with Crippen LogP contribution in [0.1, 0.15) is 25.7 Å². The van der Waals surface area contributed by atoms with E-state index in [1.807, 2.05) is 0 Å². The molecule has 0 aromatic rings. The Morgan fingerprint density at radius 2 is 1.92 bits per heavy atom. The minimum Gasteiger partial charge on any atom is -0.465 e. The lowest BCUT2D eigenvalue weighted by Crippen LogP contribution is -2.41. The maximum absolute atomic E-state index is 13.2. The van der Waals surface area contributed by atoms with Gasteiger partial charge < -0.3 is 9.47 Å². The number of halogens is 4. The first-order chi connectivity index (χ1) is 11.6.